The molecule has 12 heteroatoms. The summed E-state index contributed by atoms with van der Waals surface area (Å²) in [7, 11) is 1.43. The molecule has 1 aliphatic heterocycles. The Balaban J connectivity index is 1.50. The van der Waals surface area contributed by atoms with Gasteiger partial charge in [-0.15, -0.1) is 0 Å². The van der Waals surface area contributed by atoms with Crippen LogP contribution >= 0.6 is 11.6 Å². The molecule has 2 N–H and O–H groups in total. The van der Waals surface area contributed by atoms with Crippen LogP contribution in [-0.4, -0.2) is 44.1 Å². The average molecular weight is 582 g/mol. The van der Waals surface area contributed by atoms with E-state index in [0.717, 1.165) is 11.3 Å². The number of barbiturate groups is 1. The highest BCUT2D eigenvalue weighted by Gasteiger charge is 2.37. The molecular weight excluding hydrogens is 557 g/mol. The van der Waals surface area contributed by atoms with E-state index in [1.807, 2.05) is 6.92 Å². The van der Waals surface area contributed by atoms with Gasteiger partial charge in [0.1, 0.15) is 17.1 Å². The van der Waals surface area contributed by atoms with Crippen molar-refractivity contribution in [1.29, 1.82) is 0 Å². The monoisotopic (exact) mass is 581 g/mol. The molecule has 4 rings (SSSR count). The zero-order chi connectivity index (χ0) is 29.5. The number of imide groups is 2. The number of urea groups is 1. The molecule has 1 heterocycles. The van der Waals surface area contributed by atoms with E-state index in [2.05, 4.69) is 10.6 Å². The fourth-order valence-electron chi connectivity index (χ4n) is 3.80. The molecule has 212 valence electrons. The van der Waals surface area contributed by atoms with Gasteiger partial charge in [0.2, 0.25) is 0 Å². The molecule has 0 aliphatic carbocycles. The zero-order valence-corrected chi connectivity index (χ0v) is 22.8. The Bertz CT molecular complexity index is 1540. The van der Waals surface area contributed by atoms with Gasteiger partial charge in [0.05, 0.1) is 30.1 Å². The van der Waals surface area contributed by atoms with E-state index in [1.54, 1.807) is 12.1 Å². The molecule has 0 bridgehead atoms. The number of carbonyl (C=O) groups is 4. The van der Waals surface area contributed by atoms with E-state index < -0.39 is 36.2 Å². The number of ether oxygens (including phenoxy) is 3. The van der Waals surface area contributed by atoms with Gasteiger partial charge in [-0.3, -0.25) is 19.7 Å². The standard InChI is InChI=1S/C29H25ClFN3O7/c1-3-12-40-24-11-9-18(15-25(24)39-2)34-28(37)19(27(36)33-29(34)38)13-17-8-10-23(20(30)14-17)41-16-26(35)32-22-7-5-4-6-21(22)31/h4-11,13-15H,3,12,16H2,1-2H3,(H,32,35)(H,33,36,38)/b19-13-. The largest absolute Gasteiger partial charge is 0.493 e. The van der Waals surface area contributed by atoms with Gasteiger partial charge in [-0.1, -0.05) is 36.7 Å². The smallest absolute Gasteiger partial charge is 0.335 e. The van der Waals surface area contributed by atoms with Gasteiger partial charge in [0, 0.05) is 6.07 Å². The first-order valence-electron chi connectivity index (χ1n) is 12.4. The van der Waals surface area contributed by atoms with E-state index in [1.165, 1.54) is 61.7 Å². The lowest BCUT2D eigenvalue weighted by atomic mass is 10.1. The van der Waals surface area contributed by atoms with Crippen molar-refractivity contribution in [2.24, 2.45) is 0 Å². The fraction of sp³-hybridized carbons (Fsp3) is 0.172. The Labute approximate surface area is 239 Å². The van der Waals surface area contributed by atoms with Crippen LogP contribution in [0.25, 0.3) is 6.08 Å². The van der Waals surface area contributed by atoms with Gasteiger partial charge in [-0.2, -0.15) is 0 Å². The summed E-state index contributed by atoms with van der Waals surface area (Å²) in [6, 6.07) is 13.7. The summed E-state index contributed by atoms with van der Waals surface area (Å²) in [5.74, 6) is -2.04. The van der Waals surface area contributed by atoms with Crippen LogP contribution in [0.5, 0.6) is 17.2 Å². The molecule has 3 aromatic carbocycles. The maximum Gasteiger partial charge on any atom is 0.335 e. The van der Waals surface area contributed by atoms with E-state index in [-0.39, 0.29) is 27.7 Å². The maximum absolute atomic E-state index is 13.7. The second-order valence-electron chi connectivity index (χ2n) is 8.65. The van der Waals surface area contributed by atoms with Crippen molar-refractivity contribution < 1.29 is 37.8 Å². The number of rotatable bonds is 10. The number of nitrogens with one attached hydrogen (secondary N) is 2. The van der Waals surface area contributed by atoms with E-state index in [4.69, 9.17) is 25.8 Å². The normalized spacial score (nSPS) is 14.1. The highest BCUT2D eigenvalue weighted by Crippen LogP contribution is 2.34. The fourth-order valence-corrected chi connectivity index (χ4v) is 4.04. The van der Waals surface area contributed by atoms with E-state index >= 15 is 0 Å². The summed E-state index contributed by atoms with van der Waals surface area (Å²) in [5.41, 5.74) is 0.217. The number of amides is 5. The third-order valence-electron chi connectivity index (χ3n) is 5.74. The molecule has 0 saturated carbocycles. The molecule has 0 spiro atoms. The van der Waals surface area contributed by atoms with Crippen molar-refractivity contribution in [2.45, 2.75) is 13.3 Å². The number of methoxy groups -OCH3 is 1. The molecule has 0 radical (unpaired) electrons. The predicted molar refractivity (Wildman–Crippen MR) is 150 cm³/mol. The molecular formula is C29H25ClFN3O7. The van der Waals surface area contributed by atoms with Crippen LogP contribution in [-0.2, 0) is 14.4 Å². The van der Waals surface area contributed by atoms with E-state index in [0.29, 0.717) is 23.7 Å². The molecule has 1 fully saturated rings. The average Bonchev–Trinajstić information content (AvgIpc) is 2.95. The third kappa shape index (κ3) is 6.82. The summed E-state index contributed by atoms with van der Waals surface area (Å²) in [6.07, 6.45) is 2.05. The van der Waals surface area contributed by atoms with Crippen LogP contribution in [0.15, 0.2) is 66.2 Å². The summed E-state index contributed by atoms with van der Waals surface area (Å²) in [4.78, 5) is 51.4. The number of para-hydroxylation sites is 1. The number of benzene rings is 3. The Morgan fingerprint density at radius 3 is 2.49 bits per heavy atom. The quantitative estimate of drug-likeness (QED) is 0.256. The highest BCUT2D eigenvalue weighted by molar-refractivity contribution is 6.39. The summed E-state index contributed by atoms with van der Waals surface area (Å²) < 4.78 is 30.1. The number of hydrogen-bond acceptors (Lipinski definition) is 7. The summed E-state index contributed by atoms with van der Waals surface area (Å²) >= 11 is 6.30. The minimum atomic E-state index is -0.920. The zero-order valence-electron chi connectivity index (χ0n) is 22.0. The van der Waals surface area contributed by atoms with Crippen molar-refractivity contribution in [1.82, 2.24) is 5.32 Å². The molecule has 0 atom stereocenters. The molecule has 1 aliphatic rings. The number of anilines is 2. The summed E-state index contributed by atoms with van der Waals surface area (Å²) in [5, 5.41) is 4.64. The Kier molecular flexibility index (Phi) is 9.20. The van der Waals surface area contributed by atoms with E-state index in [9.17, 15) is 23.6 Å². The number of carbonyl (C=O) groups excluding carboxylic acids is 4. The Morgan fingerprint density at radius 1 is 1.02 bits per heavy atom. The van der Waals surface area contributed by atoms with Crippen LogP contribution in [0.1, 0.15) is 18.9 Å². The first-order chi connectivity index (χ1) is 19.7. The van der Waals surface area contributed by atoms with Gasteiger partial charge in [0.25, 0.3) is 17.7 Å². The van der Waals surface area contributed by atoms with Crippen LogP contribution < -0.4 is 29.7 Å². The highest BCUT2D eigenvalue weighted by atomic mass is 35.5. The molecule has 1 saturated heterocycles. The van der Waals surface area contributed by atoms with Crippen molar-refractivity contribution in [3.05, 3.63) is 82.6 Å². The van der Waals surface area contributed by atoms with Gasteiger partial charge in [-0.05, 0) is 54.5 Å². The van der Waals surface area contributed by atoms with Gasteiger partial charge in [-0.25, -0.2) is 14.1 Å². The molecule has 10 nitrogen and oxygen atoms in total. The first-order valence-corrected chi connectivity index (χ1v) is 12.8. The molecule has 41 heavy (non-hydrogen) atoms. The minimum absolute atomic E-state index is 0.0105. The maximum atomic E-state index is 13.7. The Morgan fingerprint density at radius 2 is 1.78 bits per heavy atom. The third-order valence-corrected chi connectivity index (χ3v) is 6.04. The van der Waals surface area contributed by atoms with Crippen LogP contribution in [0.2, 0.25) is 5.02 Å². The predicted octanol–water partition coefficient (Wildman–Crippen LogP) is 4.96. The number of hydrogen-bond donors (Lipinski definition) is 2. The van der Waals surface area contributed by atoms with Crippen LogP contribution in [0, 0.1) is 5.82 Å². The topological polar surface area (TPSA) is 123 Å². The van der Waals surface area contributed by atoms with Crippen molar-refractivity contribution in [3.63, 3.8) is 0 Å². The molecule has 5 amide bonds. The lowest BCUT2D eigenvalue weighted by Gasteiger charge is -2.27. The number of nitrogens with zero attached hydrogens (tertiary/aromatic N) is 1. The molecule has 0 unspecified atom stereocenters. The lowest BCUT2D eigenvalue weighted by molar-refractivity contribution is -0.122. The molecule has 0 aromatic heterocycles. The van der Waals surface area contributed by atoms with Crippen molar-refractivity contribution in [3.8, 4) is 17.2 Å². The van der Waals surface area contributed by atoms with Crippen molar-refractivity contribution in [2.75, 3.05) is 30.5 Å². The molecule has 3 aromatic rings. The van der Waals surface area contributed by atoms with Crippen molar-refractivity contribution >= 4 is 52.8 Å². The second-order valence-corrected chi connectivity index (χ2v) is 9.06. The second kappa shape index (κ2) is 13.0. The Hall–Kier alpha value is -4.90. The first kappa shape index (κ1) is 29.1. The summed E-state index contributed by atoms with van der Waals surface area (Å²) in [6.45, 7) is 1.96. The SMILES string of the molecule is CCCOc1ccc(N2C(=O)NC(=O)/C(=C/c3ccc(OCC(=O)Nc4ccccc4F)c(Cl)c3)C2=O)cc1OC. The van der Waals surface area contributed by atoms with Gasteiger partial charge < -0.3 is 19.5 Å². The number of halogens is 2. The lowest BCUT2D eigenvalue weighted by Crippen LogP contribution is -2.54. The minimum Gasteiger partial charge on any atom is -0.493 e. The van der Waals surface area contributed by atoms with Gasteiger partial charge in [0.15, 0.2) is 18.1 Å². The van der Waals surface area contributed by atoms with Crippen LogP contribution in [0.3, 0.4) is 0 Å². The van der Waals surface area contributed by atoms with Crippen LogP contribution in [0.4, 0.5) is 20.6 Å². The van der Waals surface area contributed by atoms with Gasteiger partial charge >= 0.3 is 6.03 Å².